The van der Waals surface area contributed by atoms with E-state index in [9.17, 15) is 4.39 Å². The summed E-state index contributed by atoms with van der Waals surface area (Å²) in [5.74, 6) is 0. The molecule has 1 heterocycles. The van der Waals surface area contributed by atoms with Crippen molar-refractivity contribution < 1.29 is 9.13 Å². The Morgan fingerprint density at radius 3 is 2.90 bits per heavy atom. The second-order valence-corrected chi connectivity index (χ2v) is 2.91. The van der Waals surface area contributed by atoms with E-state index in [0.29, 0.717) is 6.42 Å². The van der Waals surface area contributed by atoms with Gasteiger partial charge in [-0.15, -0.1) is 0 Å². The Kier molecular flexibility index (Phi) is 1.04. The van der Waals surface area contributed by atoms with Crippen molar-refractivity contribution in [3.05, 3.63) is 0 Å². The van der Waals surface area contributed by atoms with Gasteiger partial charge >= 0.3 is 0 Å². The molecule has 0 spiro atoms. The normalized spacial score (nSPS) is 51.2. The van der Waals surface area contributed by atoms with Crippen LogP contribution in [0.4, 0.5) is 4.39 Å². The van der Waals surface area contributed by atoms with Crippen LogP contribution in [0.1, 0.15) is 19.3 Å². The lowest BCUT2D eigenvalue weighted by molar-refractivity contribution is 0.193. The summed E-state index contributed by atoms with van der Waals surface area (Å²) in [6, 6.07) is 1.91. The summed E-state index contributed by atoms with van der Waals surface area (Å²) in [6.45, 7) is 0. The fraction of sp³-hybridized carbons (Fsp3) is 0.857. The van der Waals surface area contributed by atoms with Gasteiger partial charge in [-0.25, -0.2) is 4.39 Å². The minimum Gasteiger partial charge on any atom is -0.347 e. The molecule has 3 atom stereocenters. The molecular formula is C7H8FNO. The lowest BCUT2D eigenvalue weighted by Gasteiger charge is -2.14. The van der Waals surface area contributed by atoms with Crippen LogP contribution in [0.5, 0.6) is 0 Å². The lowest BCUT2D eigenvalue weighted by atomic mass is 9.89. The van der Waals surface area contributed by atoms with Crippen molar-refractivity contribution in [3.63, 3.8) is 0 Å². The third kappa shape index (κ3) is 0.550. The molecule has 10 heavy (non-hydrogen) atoms. The van der Waals surface area contributed by atoms with Crippen molar-refractivity contribution in [3.8, 4) is 6.07 Å². The van der Waals surface area contributed by atoms with E-state index < -0.39 is 11.8 Å². The van der Waals surface area contributed by atoms with Gasteiger partial charge < -0.3 is 4.74 Å². The molecule has 0 aromatic rings. The van der Waals surface area contributed by atoms with E-state index >= 15 is 0 Å². The Balaban J connectivity index is 2.19. The molecule has 1 saturated carbocycles. The molecule has 0 radical (unpaired) electrons. The van der Waals surface area contributed by atoms with Gasteiger partial charge in [0.25, 0.3) is 0 Å². The van der Waals surface area contributed by atoms with Crippen LogP contribution in [0.15, 0.2) is 0 Å². The lowest BCUT2D eigenvalue weighted by Crippen LogP contribution is -2.30. The number of nitrogens with zero attached hydrogens (tertiary/aromatic N) is 1. The number of halogens is 1. The summed E-state index contributed by atoms with van der Waals surface area (Å²) in [5.41, 5.74) is -1.02. The molecule has 0 amide bonds. The molecule has 54 valence electrons. The fourth-order valence-corrected chi connectivity index (χ4v) is 1.62. The number of epoxide rings is 1. The molecule has 0 N–H and O–H groups in total. The first-order chi connectivity index (χ1) is 4.79. The third-order valence-corrected chi connectivity index (χ3v) is 2.32. The molecule has 1 aliphatic carbocycles. The molecule has 0 bridgehead atoms. The maximum Gasteiger partial charge on any atom is 0.211 e. The van der Waals surface area contributed by atoms with Crippen molar-refractivity contribution in [2.75, 3.05) is 0 Å². The highest BCUT2D eigenvalue weighted by Crippen LogP contribution is 2.48. The maximum atomic E-state index is 12.9. The number of ether oxygens (including phenoxy) is 1. The molecule has 0 aromatic carbocycles. The van der Waals surface area contributed by atoms with Crippen LogP contribution in [0.2, 0.25) is 0 Å². The van der Waals surface area contributed by atoms with E-state index in [-0.39, 0.29) is 6.10 Å². The van der Waals surface area contributed by atoms with Crippen LogP contribution in [0, 0.1) is 11.3 Å². The number of fused-ring (bicyclic) bond motifs is 1. The summed E-state index contributed by atoms with van der Waals surface area (Å²) in [6.07, 6.45) is 1.06. The average molecular weight is 141 g/mol. The zero-order valence-corrected chi connectivity index (χ0v) is 5.51. The van der Waals surface area contributed by atoms with E-state index in [2.05, 4.69) is 0 Å². The number of alkyl halides is 1. The molecule has 0 unspecified atom stereocenters. The molecule has 1 aliphatic heterocycles. The van der Waals surface area contributed by atoms with Crippen molar-refractivity contribution in [1.82, 2.24) is 0 Å². The number of rotatable bonds is 0. The van der Waals surface area contributed by atoms with E-state index in [1.807, 2.05) is 6.07 Å². The van der Waals surface area contributed by atoms with Gasteiger partial charge in [-0.1, -0.05) is 0 Å². The molecule has 2 rings (SSSR count). The summed E-state index contributed by atoms with van der Waals surface area (Å²) in [4.78, 5) is 0. The van der Waals surface area contributed by atoms with Gasteiger partial charge in [-0.3, -0.25) is 0 Å². The van der Waals surface area contributed by atoms with E-state index in [0.717, 1.165) is 12.8 Å². The van der Waals surface area contributed by atoms with Crippen LogP contribution >= 0.6 is 0 Å². The SMILES string of the molecule is N#C[C@]12O[C@H]1CCC[C@@H]2F. The van der Waals surface area contributed by atoms with Gasteiger partial charge in [0, 0.05) is 0 Å². The first-order valence-electron chi connectivity index (χ1n) is 3.53. The van der Waals surface area contributed by atoms with Gasteiger partial charge in [0.15, 0.2) is 0 Å². The van der Waals surface area contributed by atoms with Crippen LogP contribution in [0.3, 0.4) is 0 Å². The van der Waals surface area contributed by atoms with Crippen LogP contribution in [0.25, 0.3) is 0 Å². The minimum atomic E-state index is -1.05. The Bertz CT molecular complexity index is 200. The first-order valence-corrected chi connectivity index (χ1v) is 3.53. The monoisotopic (exact) mass is 141 g/mol. The highest BCUT2D eigenvalue weighted by Gasteiger charge is 2.64. The van der Waals surface area contributed by atoms with Crippen molar-refractivity contribution in [2.24, 2.45) is 0 Å². The van der Waals surface area contributed by atoms with Gasteiger partial charge in [0.2, 0.25) is 5.60 Å². The largest absolute Gasteiger partial charge is 0.347 e. The Morgan fingerprint density at radius 1 is 1.60 bits per heavy atom. The summed E-state index contributed by atoms with van der Waals surface area (Å²) < 4.78 is 17.9. The van der Waals surface area contributed by atoms with Crippen molar-refractivity contribution >= 4 is 0 Å². The Morgan fingerprint density at radius 2 is 2.40 bits per heavy atom. The highest BCUT2D eigenvalue weighted by atomic mass is 19.1. The molecular weight excluding hydrogens is 133 g/mol. The molecule has 1 saturated heterocycles. The second-order valence-electron chi connectivity index (χ2n) is 2.91. The van der Waals surface area contributed by atoms with E-state index in [1.165, 1.54) is 0 Å². The smallest absolute Gasteiger partial charge is 0.211 e. The zero-order valence-electron chi connectivity index (χ0n) is 5.51. The summed E-state index contributed by atoms with van der Waals surface area (Å²) in [7, 11) is 0. The number of hydrogen-bond acceptors (Lipinski definition) is 2. The summed E-state index contributed by atoms with van der Waals surface area (Å²) >= 11 is 0. The van der Waals surface area contributed by atoms with Gasteiger partial charge in [0.05, 0.1) is 0 Å². The minimum absolute atomic E-state index is 0.0961. The molecule has 0 aromatic heterocycles. The fourth-order valence-electron chi connectivity index (χ4n) is 1.62. The van der Waals surface area contributed by atoms with E-state index in [1.54, 1.807) is 0 Å². The third-order valence-electron chi connectivity index (χ3n) is 2.32. The first kappa shape index (κ1) is 6.11. The van der Waals surface area contributed by atoms with Crippen LogP contribution < -0.4 is 0 Å². The second kappa shape index (κ2) is 1.70. The quantitative estimate of drug-likeness (QED) is 0.475. The molecule has 2 aliphatic rings. The van der Waals surface area contributed by atoms with Gasteiger partial charge in [0.1, 0.15) is 18.3 Å². The number of hydrogen-bond donors (Lipinski definition) is 0. The highest BCUT2D eigenvalue weighted by molar-refractivity contribution is 5.23. The van der Waals surface area contributed by atoms with Gasteiger partial charge in [-0.05, 0) is 19.3 Å². The van der Waals surface area contributed by atoms with Crippen LogP contribution in [-0.4, -0.2) is 17.9 Å². The maximum absolute atomic E-state index is 12.9. The van der Waals surface area contributed by atoms with Crippen LogP contribution in [-0.2, 0) is 4.74 Å². The zero-order chi connectivity index (χ0) is 7.19. The van der Waals surface area contributed by atoms with E-state index in [4.69, 9.17) is 10.00 Å². The standard InChI is InChI=1S/C7H8FNO/c8-5-2-1-3-6-7(5,4-9)10-6/h5-6H,1-3H2/t5-,6-,7+/m0/s1. The molecule has 3 heteroatoms. The molecule has 2 nitrogen and oxygen atoms in total. The van der Waals surface area contributed by atoms with Crippen molar-refractivity contribution in [2.45, 2.75) is 37.1 Å². The Labute approximate surface area is 58.6 Å². The predicted octanol–water partition coefficient (Wildman–Crippen LogP) is 1.17. The Hall–Kier alpha value is -0.620. The number of nitriles is 1. The topological polar surface area (TPSA) is 36.3 Å². The molecule has 2 fully saturated rings. The van der Waals surface area contributed by atoms with Crippen molar-refractivity contribution in [1.29, 1.82) is 5.26 Å². The van der Waals surface area contributed by atoms with Gasteiger partial charge in [-0.2, -0.15) is 5.26 Å². The average Bonchev–Trinajstić information content (AvgIpc) is 2.65. The predicted molar refractivity (Wildman–Crippen MR) is 32.0 cm³/mol. The summed E-state index contributed by atoms with van der Waals surface area (Å²) in [5, 5.41) is 8.55.